The molecule has 1 aromatic carbocycles. The fraction of sp³-hybridized carbons (Fsp3) is 0.680. The summed E-state index contributed by atoms with van der Waals surface area (Å²) in [6, 6.07) is 10.0. The van der Waals surface area contributed by atoms with E-state index in [1.165, 1.54) is 0 Å². The van der Waals surface area contributed by atoms with E-state index in [2.05, 4.69) is 32.8 Å². The van der Waals surface area contributed by atoms with Crippen molar-refractivity contribution in [1.82, 2.24) is 5.06 Å². The highest BCUT2D eigenvalue weighted by atomic mass is 16.7. The number of benzene rings is 1. The van der Waals surface area contributed by atoms with Gasteiger partial charge in [-0.2, -0.15) is 5.06 Å². The highest BCUT2D eigenvalue weighted by Crippen LogP contribution is 2.55. The summed E-state index contributed by atoms with van der Waals surface area (Å²) in [5, 5.41) is 21.3. The Hall–Kier alpha value is -2.00. The molecule has 0 aliphatic carbocycles. The number of carboxylic acid groups (broad SMARTS) is 2. The SMILES string of the molecule is CCC1(C)CC2(OCC(C(=O)O)(C(=O)O)CO2)C(C)C(C)(CC)N1OC(C)c1ccccc1. The first-order chi connectivity index (χ1) is 15.4. The fourth-order valence-corrected chi connectivity index (χ4v) is 5.20. The van der Waals surface area contributed by atoms with Crippen molar-refractivity contribution in [3.05, 3.63) is 35.9 Å². The third kappa shape index (κ3) is 4.07. The number of aliphatic carboxylic acids is 2. The van der Waals surface area contributed by atoms with Crippen LogP contribution < -0.4 is 0 Å². The second kappa shape index (κ2) is 8.98. The van der Waals surface area contributed by atoms with E-state index < -0.39 is 47.4 Å². The molecule has 8 heteroatoms. The van der Waals surface area contributed by atoms with Gasteiger partial charge in [-0.25, -0.2) is 0 Å². The molecule has 2 aliphatic rings. The van der Waals surface area contributed by atoms with Crippen LogP contribution in [0.25, 0.3) is 0 Å². The lowest BCUT2D eigenvalue weighted by molar-refractivity contribution is -0.413. The van der Waals surface area contributed by atoms with Crippen molar-refractivity contribution in [3.8, 4) is 0 Å². The summed E-state index contributed by atoms with van der Waals surface area (Å²) in [5.41, 5.74) is -2.04. The van der Waals surface area contributed by atoms with Crippen molar-refractivity contribution in [2.24, 2.45) is 11.3 Å². The Morgan fingerprint density at radius 3 is 2.09 bits per heavy atom. The molecule has 2 heterocycles. The van der Waals surface area contributed by atoms with E-state index in [4.69, 9.17) is 14.3 Å². The van der Waals surface area contributed by atoms with Crippen LogP contribution >= 0.6 is 0 Å². The maximum absolute atomic E-state index is 11.8. The molecule has 0 amide bonds. The average Bonchev–Trinajstić information content (AvgIpc) is 2.81. The van der Waals surface area contributed by atoms with E-state index in [1.54, 1.807) is 0 Å². The molecule has 3 rings (SSSR count). The van der Waals surface area contributed by atoms with Crippen molar-refractivity contribution < 1.29 is 34.1 Å². The number of rotatable bonds is 7. The minimum atomic E-state index is -2.11. The Morgan fingerprint density at radius 1 is 1.09 bits per heavy atom. The van der Waals surface area contributed by atoms with Gasteiger partial charge in [0.25, 0.3) is 0 Å². The molecule has 4 atom stereocenters. The fourth-order valence-electron chi connectivity index (χ4n) is 5.20. The zero-order chi connectivity index (χ0) is 24.7. The molecule has 0 bridgehead atoms. The number of hydrogen-bond acceptors (Lipinski definition) is 6. The van der Waals surface area contributed by atoms with Crippen LogP contribution in [-0.4, -0.2) is 57.3 Å². The first-order valence-electron chi connectivity index (χ1n) is 11.7. The summed E-state index contributed by atoms with van der Waals surface area (Å²) in [4.78, 5) is 30.2. The molecule has 2 N–H and O–H groups in total. The number of hydrogen-bond donors (Lipinski definition) is 2. The van der Waals surface area contributed by atoms with Gasteiger partial charge in [0.05, 0.1) is 18.8 Å². The lowest BCUT2D eigenvalue weighted by atomic mass is 9.66. The van der Waals surface area contributed by atoms with E-state index in [1.807, 2.05) is 44.2 Å². The lowest BCUT2D eigenvalue weighted by Gasteiger charge is -2.64. The van der Waals surface area contributed by atoms with Crippen LogP contribution in [-0.2, 0) is 23.9 Å². The summed E-state index contributed by atoms with van der Waals surface area (Å²) in [5.74, 6) is -4.24. The number of ether oxygens (including phenoxy) is 2. The van der Waals surface area contributed by atoms with Gasteiger partial charge in [0.15, 0.2) is 5.79 Å². The van der Waals surface area contributed by atoms with Crippen LogP contribution in [0.2, 0.25) is 0 Å². The second-order valence-electron chi connectivity index (χ2n) is 9.99. The first kappa shape index (κ1) is 25.6. The Balaban J connectivity index is 1.96. The molecule has 33 heavy (non-hydrogen) atoms. The highest BCUT2D eigenvalue weighted by molar-refractivity contribution is 5.98. The quantitative estimate of drug-likeness (QED) is 0.578. The van der Waals surface area contributed by atoms with Crippen LogP contribution in [0.5, 0.6) is 0 Å². The first-order valence-corrected chi connectivity index (χ1v) is 11.7. The highest BCUT2D eigenvalue weighted by Gasteiger charge is 2.66. The molecule has 2 aliphatic heterocycles. The van der Waals surface area contributed by atoms with Crippen molar-refractivity contribution in [2.75, 3.05) is 13.2 Å². The van der Waals surface area contributed by atoms with Gasteiger partial charge < -0.3 is 19.7 Å². The zero-order valence-corrected chi connectivity index (χ0v) is 20.5. The predicted molar refractivity (Wildman–Crippen MR) is 121 cm³/mol. The molecular weight excluding hydrogens is 426 g/mol. The summed E-state index contributed by atoms with van der Waals surface area (Å²) >= 11 is 0. The molecule has 4 unspecified atom stereocenters. The summed E-state index contributed by atoms with van der Waals surface area (Å²) in [6.07, 6.45) is 1.70. The van der Waals surface area contributed by atoms with Crippen molar-refractivity contribution in [1.29, 1.82) is 0 Å². The van der Waals surface area contributed by atoms with Crippen LogP contribution in [0.1, 0.15) is 72.5 Å². The van der Waals surface area contributed by atoms with Crippen LogP contribution in [0, 0.1) is 11.3 Å². The molecule has 2 saturated heterocycles. The Morgan fingerprint density at radius 2 is 1.64 bits per heavy atom. The van der Waals surface area contributed by atoms with E-state index in [-0.39, 0.29) is 12.0 Å². The van der Waals surface area contributed by atoms with Gasteiger partial charge in [-0.1, -0.05) is 51.1 Å². The third-order valence-corrected chi connectivity index (χ3v) is 8.13. The maximum Gasteiger partial charge on any atom is 0.325 e. The number of nitrogens with zero attached hydrogens (tertiary/aromatic N) is 1. The molecule has 0 aromatic heterocycles. The molecule has 0 saturated carbocycles. The average molecular weight is 464 g/mol. The molecule has 0 radical (unpaired) electrons. The Bertz CT molecular complexity index is 851. The second-order valence-corrected chi connectivity index (χ2v) is 9.99. The predicted octanol–water partition coefficient (Wildman–Crippen LogP) is 4.26. The number of carbonyl (C=O) groups is 2. The van der Waals surface area contributed by atoms with Crippen molar-refractivity contribution >= 4 is 11.9 Å². The lowest BCUT2D eigenvalue weighted by Crippen LogP contribution is -2.74. The topological polar surface area (TPSA) is 106 Å². The monoisotopic (exact) mass is 463 g/mol. The minimum Gasteiger partial charge on any atom is -0.480 e. The van der Waals surface area contributed by atoms with E-state index in [9.17, 15) is 19.8 Å². The van der Waals surface area contributed by atoms with Crippen LogP contribution in [0.15, 0.2) is 30.3 Å². The van der Waals surface area contributed by atoms with E-state index in [0.29, 0.717) is 6.42 Å². The van der Waals surface area contributed by atoms with Gasteiger partial charge in [-0.15, -0.1) is 0 Å². The Kier molecular flexibility index (Phi) is 6.97. The van der Waals surface area contributed by atoms with Gasteiger partial charge >= 0.3 is 11.9 Å². The summed E-state index contributed by atoms with van der Waals surface area (Å²) in [6.45, 7) is 11.5. The largest absolute Gasteiger partial charge is 0.480 e. The van der Waals surface area contributed by atoms with E-state index in [0.717, 1.165) is 18.4 Å². The number of hydroxylamine groups is 2. The smallest absolute Gasteiger partial charge is 0.325 e. The van der Waals surface area contributed by atoms with Crippen LogP contribution in [0.3, 0.4) is 0 Å². The molecule has 1 spiro atoms. The Labute approximate surface area is 195 Å². The summed E-state index contributed by atoms with van der Waals surface area (Å²) in [7, 11) is 0. The van der Waals surface area contributed by atoms with Gasteiger partial charge in [-0.05, 0) is 39.2 Å². The summed E-state index contributed by atoms with van der Waals surface area (Å²) < 4.78 is 12.2. The van der Waals surface area contributed by atoms with Crippen molar-refractivity contribution in [3.63, 3.8) is 0 Å². The minimum absolute atomic E-state index is 0.177. The molecular formula is C25H37NO7. The molecule has 2 fully saturated rings. The normalized spacial score (nSPS) is 32.4. The third-order valence-electron chi connectivity index (χ3n) is 8.13. The van der Waals surface area contributed by atoms with E-state index >= 15 is 0 Å². The van der Waals surface area contributed by atoms with Gasteiger partial charge in [0.2, 0.25) is 5.41 Å². The number of carboxylic acids is 2. The molecule has 1 aromatic rings. The standard InChI is InChI=1S/C25H37NO7/c1-7-22(5)14-25(31-15-24(16-32-25,20(27)28)21(29)30)18(4)23(6,8-2)26(22)33-17(3)19-12-10-9-11-13-19/h9-13,17-18H,7-8,14-16H2,1-6H3,(H,27,28)(H,29,30). The van der Waals surface area contributed by atoms with Crippen molar-refractivity contribution in [2.45, 2.75) is 83.8 Å². The number of piperidine rings is 1. The van der Waals surface area contributed by atoms with Crippen LogP contribution in [0.4, 0.5) is 0 Å². The van der Waals surface area contributed by atoms with Gasteiger partial charge in [0.1, 0.15) is 6.10 Å². The molecule has 184 valence electrons. The van der Waals surface area contributed by atoms with Gasteiger partial charge in [0, 0.05) is 17.9 Å². The maximum atomic E-state index is 11.8. The van der Waals surface area contributed by atoms with Gasteiger partial charge in [-0.3, -0.25) is 14.4 Å². The zero-order valence-electron chi connectivity index (χ0n) is 20.5. The molecule has 8 nitrogen and oxygen atoms in total.